The third-order valence-corrected chi connectivity index (χ3v) is 3.92. The van der Waals surface area contributed by atoms with Crippen LogP contribution in [0.1, 0.15) is 5.69 Å². The predicted octanol–water partition coefficient (Wildman–Crippen LogP) is 3.12. The lowest BCUT2D eigenvalue weighted by Gasteiger charge is -2.07. The largest absolute Gasteiger partial charge is 0.399 e. The molecule has 0 saturated heterocycles. The van der Waals surface area contributed by atoms with E-state index in [1.165, 1.54) is 17.8 Å². The Morgan fingerprint density at radius 3 is 2.44 bits per heavy atom. The highest BCUT2D eigenvalue weighted by atomic mass is 35.5. The number of aryl methyl sites for hydroxylation is 1. The van der Waals surface area contributed by atoms with Gasteiger partial charge in [0.25, 0.3) is 5.56 Å². The summed E-state index contributed by atoms with van der Waals surface area (Å²) in [5.41, 5.74) is 6.52. The zero-order chi connectivity index (χ0) is 13.3. The number of hydrogen-bond acceptors (Lipinski definition) is 4. The van der Waals surface area contributed by atoms with Crippen molar-refractivity contribution in [2.45, 2.75) is 17.0 Å². The molecule has 0 aliphatic carbocycles. The minimum atomic E-state index is -0.215. The Bertz CT molecular complexity index is 634. The lowest BCUT2D eigenvalue weighted by atomic mass is 10.3. The molecule has 0 radical (unpaired) electrons. The van der Waals surface area contributed by atoms with E-state index in [4.69, 9.17) is 28.9 Å². The minimum Gasteiger partial charge on any atom is -0.399 e. The fraction of sp³-hybridized carbons (Fsp3) is 0.0909. The minimum absolute atomic E-state index is 0.215. The van der Waals surface area contributed by atoms with E-state index < -0.39 is 0 Å². The van der Waals surface area contributed by atoms with Crippen LogP contribution < -0.4 is 11.3 Å². The topological polar surface area (TPSA) is 71.8 Å². The summed E-state index contributed by atoms with van der Waals surface area (Å²) in [4.78, 5) is 18.7. The second-order valence-electron chi connectivity index (χ2n) is 3.61. The molecule has 0 fully saturated rings. The first-order valence-corrected chi connectivity index (χ1v) is 6.53. The van der Waals surface area contributed by atoms with Gasteiger partial charge in [-0.2, -0.15) is 0 Å². The van der Waals surface area contributed by atoms with Crippen molar-refractivity contribution in [3.8, 4) is 0 Å². The molecule has 0 aliphatic heterocycles. The van der Waals surface area contributed by atoms with Gasteiger partial charge < -0.3 is 10.7 Å². The van der Waals surface area contributed by atoms with Gasteiger partial charge in [-0.15, -0.1) is 0 Å². The van der Waals surface area contributed by atoms with E-state index in [0.29, 0.717) is 31.5 Å². The number of hydrogen-bond donors (Lipinski definition) is 2. The highest BCUT2D eigenvalue weighted by molar-refractivity contribution is 7.99. The van der Waals surface area contributed by atoms with E-state index in [1.807, 2.05) is 0 Å². The maximum absolute atomic E-state index is 11.3. The van der Waals surface area contributed by atoms with Crippen molar-refractivity contribution in [2.75, 3.05) is 5.73 Å². The molecule has 0 bridgehead atoms. The molecule has 1 aromatic carbocycles. The molecule has 0 saturated carbocycles. The maximum atomic E-state index is 11.3. The van der Waals surface area contributed by atoms with Gasteiger partial charge in [0.05, 0.1) is 14.9 Å². The van der Waals surface area contributed by atoms with Crippen molar-refractivity contribution in [1.82, 2.24) is 9.97 Å². The molecular weight excluding hydrogens is 293 g/mol. The summed E-state index contributed by atoms with van der Waals surface area (Å²) in [6, 6.07) is 4.61. The average Bonchev–Trinajstić information content (AvgIpc) is 2.22. The van der Waals surface area contributed by atoms with Crippen molar-refractivity contribution < 1.29 is 0 Å². The van der Waals surface area contributed by atoms with Crippen molar-refractivity contribution in [1.29, 1.82) is 0 Å². The van der Waals surface area contributed by atoms with Crippen LogP contribution in [0.5, 0.6) is 0 Å². The summed E-state index contributed by atoms with van der Waals surface area (Å²) in [5.74, 6) is 0. The van der Waals surface area contributed by atoms with Crippen LogP contribution in [0.4, 0.5) is 5.69 Å². The van der Waals surface area contributed by atoms with E-state index in [0.717, 1.165) is 0 Å². The second kappa shape index (κ2) is 5.22. The normalized spacial score (nSPS) is 10.6. The van der Waals surface area contributed by atoms with Gasteiger partial charge in [-0.3, -0.25) is 4.79 Å². The Morgan fingerprint density at radius 2 is 1.89 bits per heavy atom. The van der Waals surface area contributed by atoms with Crippen LogP contribution >= 0.6 is 35.0 Å². The first-order chi connectivity index (χ1) is 8.45. The predicted molar refractivity (Wildman–Crippen MR) is 74.6 cm³/mol. The molecule has 0 spiro atoms. The van der Waals surface area contributed by atoms with Gasteiger partial charge in [0.15, 0.2) is 5.16 Å². The molecule has 0 amide bonds. The van der Waals surface area contributed by atoms with E-state index >= 15 is 0 Å². The van der Waals surface area contributed by atoms with E-state index in [2.05, 4.69) is 9.97 Å². The van der Waals surface area contributed by atoms with Gasteiger partial charge in [0.2, 0.25) is 0 Å². The van der Waals surface area contributed by atoms with Crippen LogP contribution in [-0.4, -0.2) is 9.97 Å². The molecule has 18 heavy (non-hydrogen) atoms. The first-order valence-electron chi connectivity index (χ1n) is 4.96. The second-order valence-corrected chi connectivity index (χ2v) is 5.42. The lowest BCUT2D eigenvalue weighted by molar-refractivity contribution is 0.905. The van der Waals surface area contributed by atoms with Crippen LogP contribution in [0.25, 0.3) is 0 Å². The zero-order valence-corrected chi connectivity index (χ0v) is 11.7. The molecule has 94 valence electrons. The molecule has 3 N–H and O–H groups in total. The van der Waals surface area contributed by atoms with Gasteiger partial charge in [-0.1, -0.05) is 23.2 Å². The highest BCUT2D eigenvalue weighted by Gasteiger charge is 2.11. The van der Waals surface area contributed by atoms with Crippen LogP contribution in [0, 0.1) is 6.92 Å². The number of nitrogens with one attached hydrogen (secondary N) is 1. The van der Waals surface area contributed by atoms with Crippen molar-refractivity contribution in [3.63, 3.8) is 0 Å². The summed E-state index contributed by atoms with van der Waals surface area (Å²) in [6.07, 6.45) is 0. The van der Waals surface area contributed by atoms with Crippen LogP contribution in [-0.2, 0) is 0 Å². The molecule has 0 atom stereocenters. The maximum Gasteiger partial charge on any atom is 0.251 e. The van der Waals surface area contributed by atoms with Crippen molar-refractivity contribution >= 4 is 40.7 Å². The van der Waals surface area contributed by atoms with Crippen LogP contribution in [0.2, 0.25) is 10.0 Å². The molecule has 7 heteroatoms. The summed E-state index contributed by atoms with van der Waals surface area (Å²) in [6.45, 7) is 1.74. The number of rotatable bonds is 2. The van der Waals surface area contributed by atoms with Gasteiger partial charge >= 0.3 is 0 Å². The van der Waals surface area contributed by atoms with Crippen LogP contribution in [0.3, 0.4) is 0 Å². The van der Waals surface area contributed by atoms with E-state index in [1.54, 1.807) is 19.1 Å². The smallest absolute Gasteiger partial charge is 0.251 e. The third-order valence-electron chi connectivity index (χ3n) is 2.07. The van der Waals surface area contributed by atoms with Crippen LogP contribution in [0.15, 0.2) is 33.0 Å². The van der Waals surface area contributed by atoms with Gasteiger partial charge in [-0.05, 0) is 30.8 Å². The highest BCUT2D eigenvalue weighted by Crippen LogP contribution is 2.38. The summed E-state index contributed by atoms with van der Waals surface area (Å²) < 4.78 is 0. The quantitative estimate of drug-likeness (QED) is 0.660. The summed E-state index contributed by atoms with van der Waals surface area (Å²) in [7, 11) is 0. The number of nitrogens with zero attached hydrogens (tertiary/aromatic N) is 1. The number of benzene rings is 1. The summed E-state index contributed by atoms with van der Waals surface area (Å²) >= 11 is 13.3. The first kappa shape index (κ1) is 13.3. The number of aromatic nitrogens is 2. The number of aromatic amines is 1. The number of nitrogens with two attached hydrogens (primary N) is 1. The number of anilines is 1. The Labute approximate surface area is 118 Å². The molecule has 1 aromatic heterocycles. The molecule has 0 aliphatic rings. The van der Waals surface area contributed by atoms with Gasteiger partial charge in [0, 0.05) is 17.4 Å². The fourth-order valence-electron chi connectivity index (χ4n) is 1.37. The Morgan fingerprint density at radius 1 is 1.28 bits per heavy atom. The fourth-order valence-corrected chi connectivity index (χ4v) is 2.96. The van der Waals surface area contributed by atoms with Crippen molar-refractivity contribution in [3.05, 3.63) is 44.3 Å². The Kier molecular flexibility index (Phi) is 3.85. The molecular formula is C11H9Cl2N3OS. The lowest BCUT2D eigenvalue weighted by Crippen LogP contribution is -2.07. The standard InChI is InChI=1S/C11H9Cl2N3OS/c1-5-2-9(17)16-11(15-5)18-10-7(12)3-6(14)4-8(10)13/h2-4H,14H2,1H3,(H,15,16,17). The van der Waals surface area contributed by atoms with Crippen molar-refractivity contribution in [2.24, 2.45) is 0 Å². The third kappa shape index (κ3) is 2.98. The number of halogens is 2. The van der Waals surface area contributed by atoms with E-state index in [9.17, 15) is 4.79 Å². The summed E-state index contributed by atoms with van der Waals surface area (Å²) in [5, 5.41) is 1.29. The van der Waals surface area contributed by atoms with Gasteiger partial charge in [-0.25, -0.2) is 4.98 Å². The number of nitrogen functional groups attached to an aromatic ring is 1. The monoisotopic (exact) mass is 301 g/mol. The molecule has 0 unspecified atom stereocenters. The average molecular weight is 302 g/mol. The molecule has 2 rings (SSSR count). The van der Waals surface area contributed by atoms with Gasteiger partial charge in [0.1, 0.15) is 0 Å². The zero-order valence-electron chi connectivity index (χ0n) is 9.33. The SMILES string of the molecule is Cc1cc(=O)[nH]c(Sc2c(Cl)cc(N)cc2Cl)n1. The van der Waals surface area contributed by atoms with E-state index in [-0.39, 0.29) is 5.56 Å². The Hall–Kier alpha value is -1.17. The molecule has 1 heterocycles. The molecule has 2 aromatic rings. The Balaban J connectivity index is 2.43. The molecule has 4 nitrogen and oxygen atoms in total. The number of H-pyrrole nitrogens is 1.